The number of rotatable bonds is 11. The summed E-state index contributed by atoms with van der Waals surface area (Å²) in [6.45, 7) is 7.89. The lowest BCUT2D eigenvalue weighted by molar-refractivity contribution is 0.268. The Labute approximate surface area is 96.7 Å². The van der Waals surface area contributed by atoms with Crippen molar-refractivity contribution in [2.45, 2.75) is 59.3 Å². The van der Waals surface area contributed by atoms with Crippen LogP contribution >= 0.6 is 8.38 Å². The summed E-state index contributed by atoms with van der Waals surface area (Å²) in [5, 5.41) is 0. The van der Waals surface area contributed by atoms with Crippen LogP contribution in [0.3, 0.4) is 0 Å². The molecular weight excluding hydrogens is 207 g/mol. The highest BCUT2D eigenvalue weighted by atomic mass is 31.2. The molecule has 0 aromatic rings. The summed E-state index contributed by atoms with van der Waals surface area (Å²) in [5.74, 6) is 0. The third kappa shape index (κ3) is 10.6. The first kappa shape index (κ1) is 15.3. The monoisotopic (exact) mass is 234 g/mol. The Kier molecular flexibility index (Phi) is 12.7. The van der Waals surface area contributed by atoms with E-state index in [1.54, 1.807) is 0 Å². The van der Waals surface area contributed by atoms with Crippen molar-refractivity contribution in [2.75, 3.05) is 19.4 Å². The van der Waals surface area contributed by atoms with Crippen molar-refractivity contribution in [3.05, 3.63) is 0 Å². The van der Waals surface area contributed by atoms with E-state index in [4.69, 9.17) is 9.05 Å². The van der Waals surface area contributed by atoms with Crippen molar-refractivity contribution in [1.82, 2.24) is 0 Å². The smallest absolute Gasteiger partial charge is 0.170 e. The molecule has 0 radical (unpaired) electrons. The van der Waals surface area contributed by atoms with Crippen LogP contribution in [0.5, 0.6) is 0 Å². The van der Waals surface area contributed by atoms with Crippen LogP contribution in [-0.4, -0.2) is 19.4 Å². The molecule has 0 aliphatic heterocycles. The number of hydrogen-bond acceptors (Lipinski definition) is 2. The highest BCUT2D eigenvalue weighted by Gasteiger charge is 2.07. The van der Waals surface area contributed by atoms with Gasteiger partial charge in [-0.1, -0.05) is 39.0 Å². The van der Waals surface area contributed by atoms with Gasteiger partial charge in [-0.2, -0.15) is 0 Å². The average Bonchev–Trinajstić information content (AvgIpc) is 2.24. The number of hydrogen-bond donors (Lipinski definition) is 0. The molecular formula is C12H27O2P. The zero-order valence-electron chi connectivity index (χ0n) is 10.6. The third-order valence-corrected chi connectivity index (χ3v) is 4.01. The van der Waals surface area contributed by atoms with Crippen LogP contribution in [-0.2, 0) is 9.05 Å². The van der Waals surface area contributed by atoms with Crippen LogP contribution in [0.15, 0.2) is 0 Å². The molecule has 92 valence electrons. The quantitative estimate of drug-likeness (QED) is 0.380. The second-order valence-corrected chi connectivity index (χ2v) is 5.29. The molecule has 0 heterocycles. The summed E-state index contributed by atoms with van der Waals surface area (Å²) in [5.41, 5.74) is 0. The lowest BCUT2D eigenvalue weighted by Crippen LogP contribution is -1.95. The summed E-state index contributed by atoms with van der Waals surface area (Å²) >= 11 is 0. The first-order chi connectivity index (χ1) is 7.35. The van der Waals surface area contributed by atoms with Gasteiger partial charge in [-0.25, -0.2) is 0 Å². The van der Waals surface area contributed by atoms with Gasteiger partial charge in [-0.3, -0.25) is 0 Å². The summed E-state index contributed by atoms with van der Waals surface area (Å²) in [7, 11) is -0.585. The molecule has 0 rings (SSSR count). The Morgan fingerprint density at radius 2 is 1.27 bits per heavy atom. The van der Waals surface area contributed by atoms with E-state index in [0.29, 0.717) is 0 Å². The van der Waals surface area contributed by atoms with Gasteiger partial charge in [-0.05, 0) is 20.3 Å². The summed E-state index contributed by atoms with van der Waals surface area (Å²) < 4.78 is 11.1. The van der Waals surface area contributed by atoms with Crippen LogP contribution in [0.1, 0.15) is 59.3 Å². The van der Waals surface area contributed by atoms with Gasteiger partial charge >= 0.3 is 0 Å². The Morgan fingerprint density at radius 1 is 0.733 bits per heavy atom. The predicted octanol–water partition coefficient (Wildman–Crippen LogP) is 4.73. The summed E-state index contributed by atoms with van der Waals surface area (Å²) in [6, 6.07) is 0. The van der Waals surface area contributed by atoms with Crippen LogP contribution in [0.4, 0.5) is 0 Å². The average molecular weight is 234 g/mol. The van der Waals surface area contributed by atoms with Crippen molar-refractivity contribution >= 4 is 8.38 Å². The molecule has 0 saturated carbocycles. The standard InChI is InChI=1S/C12H27O2P/c1-4-7-8-9-10-11-12-15(13-5-2)14-6-3/h4-12H2,1-3H3. The van der Waals surface area contributed by atoms with E-state index in [-0.39, 0.29) is 0 Å². The van der Waals surface area contributed by atoms with Crippen molar-refractivity contribution in [3.63, 3.8) is 0 Å². The molecule has 0 fully saturated rings. The minimum atomic E-state index is -0.585. The molecule has 0 bridgehead atoms. The number of unbranched alkanes of at least 4 members (excludes halogenated alkanes) is 5. The molecule has 0 amide bonds. The van der Waals surface area contributed by atoms with E-state index in [1.165, 1.54) is 38.5 Å². The van der Waals surface area contributed by atoms with Crippen LogP contribution < -0.4 is 0 Å². The highest BCUT2D eigenvalue weighted by molar-refractivity contribution is 7.47. The van der Waals surface area contributed by atoms with Crippen LogP contribution in [0, 0.1) is 0 Å². The van der Waals surface area contributed by atoms with E-state index in [2.05, 4.69) is 6.92 Å². The molecule has 0 aliphatic carbocycles. The largest absolute Gasteiger partial charge is 0.334 e. The Bertz CT molecular complexity index is 114. The van der Waals surface area contributed by atoms with Crippen molar-refractivity contribution < 1.29 is 9.05 Å². The van der Waals surface area contributed by atoms with Gasteiger partial charge in [-0.15, -0.1) is 0 Å². The Balaban J connectivity index is 3.28. The maximum absolute atomic E-state index is 5.55. The maximum atomic E-state index is 5.55. The van der Waals surface area contributed by atoms with Gasteiger partial charge in [0.05, 0.1) is 13.2 Å². The lowest BCUT2D eigenvalue weighted by atomic mass is 10.1. The van der Waals surface area contributed by atoms with Gasteiger partial charge < -0.3 is 9.05 Å². The molecule has 0 unspecified atom stereocenters. The molecule has 0 atom stereocenters. The van der Waals surface area contributed by atoms with Crippen LogP contribution in [0.25, 0.3) is 0 Å². The van der Waals surface area contributed by atoms with E-state index >= 15 is 0 Å². The van der Waals surface area contributed by atoms with E-state index in [1.807, 2.05) is 13.8 Å². The fraction of sp³-hybridized carbons (Fsp3) is 1.00. The molecule has 0 aromatic carbocycles. The Hall–Kier alpha value is 0.350. The molecule has 3 heteroatoms. The molecule has 0 aromatic heterocycles. The first-order valence-electron chi connectivity index (χ1n) is 6.38. The minimum Gasteiger partial charge on any atom is -0.334 e. The SMILES string of the molecule is CCCCCCCCP(OCC)OCC. The molecule has 2 nitrogen and oxygen atoms in total. The van der Waals surface area contributed by atoms with E-state index in [0.717, 1.165) is 19.4 Å². The van der Waals surface area contributed by atoms with Crippen molar-refractivity contribution in [1.29, 1.82) is 0 Å². The molecule has 0 aliphatic rings. The van der Waals surface area contributed by atoms with E-state index in [9.17, 15) is 0 Å². The zero-order valence-corrected chi connectivity index (χ0v) is 11.5. The third-order valence-electron chi connectivity index (χ3n) is 2.24. The highest BCUT2D eigenvalue weighted by Crippen LogP contribution is 2.38. The van der Waals surface area contributed by atoms with Gasteiger partial charge in [0.15, 0.2) is 8.38 Å². The van der Waals surface area contributed by atoms with Crippen molar-refractivity contribution in [3.8, 4) is 0 Å². The van der Waals surface area contributed by atoms with Crippen LogP contribution in [0.2, 0.25) is 0 Å². The fourth-order valence-corrected chi connectivity index (χ4v) is 2.87. The maximum Gasteiger partial charge on any atom is 0.170 e. The normalized spacial score (nSPS) is 11.2. The Morgan fingerprint density at radius 3 is 1.80 bits per heavy atom. The van der Waals surface area contributed by atoms with E-state index < -0.39 is 8.38 Å². The second-order valence-electron chi connectivity index (χ2n) is 3.66. The first-order valence-corrected chi connectivity index (χ1v) is 7.74. The van der Waals surface area contributed by atoms with Crippen molar-refractivity contribution in [2.24, 2.45) is 0 Å². The second kappa shape index (κ2) is 12.4. The van der Waals surface area contributed by atoms with Gasteiger partial charge in [0.2, 0.25) is 0 Å². The molecule has 15 heavy (non-hydrogen) atoms. The molecule has 0 saturated heterocycles. The minimum absolute atomic E-state index is 0.585. The topological polar surface area (TPSA) is 18.5 Å². The summed E-state index contributed by atoms with van der Waals surface area (Å²) in [4.78, 5) is 0. The fourth-order valence-electron chi connectivity index (χ4n) is 1.48. The summed E-state index contributed by atoms with van der Waals surface area (Å²) in [6.07, 6.45) is 9.17. The van der Waals surface area contributed by atoms with Gasteiger partial charge in [0.25, 0.3) is 0 Å². The molecule has 0 spiro atoms. The van der Waals surface area contributed by atoms with Gasteiger partial charge in [0, 0.05) is 6.16 Å². The predicted molar refractivity (Wildman–Crippen MR) is 68.4 cm³/mol. The van der Waals surface area contributed by atoms with Gasteiger partial charge in [0.1, 0.15) is 0 Å². The lowest BCUT2D eigenvalue weighted by Gasteiger charge is -2.15. The molecule has 0 N–H and O–H groups in total. The zero-order chi connectivity index (χ0) is 11.4.